The number of carbonyl (C=O) groups excluding carboxylic acids is 2. The minimum absolute atomic E-state index is 0.0214. The molecule has 1 unspecified atom stereocenters. The smallest absolute Gasteiger partial charge is 0.362 e. The van der Waals surface area contributed by atoms with Crippen LogP contribution in [-0.4, -0.2) is 29.7 Å². The van der Waals surface area contributed by atoms with Crippen molar-refractivity contribution in [1.29, 1.82) is 0 Å². The van der Waals surface area contributed by atoms with E-state index in [1.807, 2.05) is 42.5 Å². The number of oxime groups is 1. The van der Waals surface area contributed by atoms with Crippen LogP contribution in [0.5, 0.6) is 0 Å². The van der Waals surface area contributed by atoms with Gasteiger partial charge in [-0.3, -0.25) is 4.79 Å². The van der Waals surface area contributed by atoms with Crippen molar-refractivity contribution >= 4 is 28.2 Å². The summed E-state index contributed by atoms with van der Waals surface area (Å²) >= 11 is 0. The van der Waals surface area contributed by atoms with Crippen LogP contribution in [0.25, 0.3) is 10.8 Å². The molecule has 1 heterocycles. The summed E-state index contributed by atoms with van der Waals surface area (Å²) in [5, 5.41) is 6.19. The van der Waals surface area contributed by atoms with Crippen LogP contribution in [0.1, 0.15) is 29.3 Å². The number of benzene rings is 3. The molecule has 5 nitrogen and oxygen atoms in total. The minimum atomic E-state index is -1.80. The Labute approximate surface area is 162 Å². The van der Waals surface area contributed by atoms with Crippen LogP contribution in [0.4, 0.5) is 0 Å². The third-order valence-corrected chi connectivity index (χ3v) is 4.84. The first kappa shape index (κ1) is 17.9. The minimum Gasteiger partial charge on any atom is -0.463 e. The van der Waals surface area contributed by atoms with E-state index < -0.39 is 17.4 Å². The van der Waals surface area contributed by atoms with Crippen LogP contribution in [0.2, 0.25) is 0 Å². The third-order valence-electron chi connectivity index (χ3n) is 4.84. The Kier molecular flexibility index (Phi) is 4.65. The number of nitrogens with zero attached hydrogens (tertiary/aromatic N) is 1. The maximum Gasteiger partial charge on any atom is 0.362 e. The third kappa shape index (κ3) is 2.95. The molecule has 1 aliphatic rings. The lowest BCUT2D eigenvalue weighted by Gasteiger charge is -2.22. The number of ketones is 1. The van der Waals surface area contributed by atoms with E-state index in [1.165, 1.54) is 0 Å². The fraction of sp³-hybridized carbons (Fsp3) is 0.174. The molecule has 0 aliphatic carbocycles. The number of fused-ring (bicyclic) bond motifs is 1. The molecule has 28 heavy (non-hydrogen) atoms. The number of Topliss-reactive ketones (excluding diaryl/α,β-unsaturated/α-hetero) is 1. The Hall–Kier alpha value is -3.47. The summed E-state index contributed by atoms with van der Waals surface area (Å²) in [7, 11) is 0. The van der Waals surface area contributed by atoms with Gasteiger partial charge in [-0.1, -0.05) is 78.0 Å². The van der Waals surface area contributed by atoms with Crippen molar-refractivity contribution in [2.24, 2.45) is 5.16 Å². The molecule has 3 aromatic rings. The first-order chi connectivity index (χ1) is 13.7. The van der Waals surface area contributed by atoms with Gasteiger partial charge in [0, 0.05) is 11.1 Å². The number of hydrogen-bond acceptors (Lipinski definition) is 5. The Balaban J connectivity index is 1.75. The Bertz CT molecular complexity index is 1070. The molecule has 0 N–H and O–H groups in total. The number of hydrogen-bond donors (Lipinski definition) is 0. The number of rotatable bonds is 5. The van der Waals surface area contributed by atoms with E-state index >= 15 is 0 Å². The van der Waals surface area contributed by atoms with Crippen LogP contribution in [0, 0.1) is 0 Å². The second kappa shape index (κ2) is 7.27. The highest BCUT2D eigenvalue weighted by molar-refractivity contribution is 6.22. The molecule has 0 saturated carbocycles. The Morgan fingerprint density at radius 3 is 2.50 bits per heavy atom. The maximum atomic E-state index is 13.2. The largest absolute Gasteiger partial charge is 0.463 e. The van der Waals surface area contributed by atoms with Gasteiger partial charge in [-0.25, -0.2) is 4.79 Å². The van der Waals surface area contributed by atoms with E-state index in [4.69, 9.17) is 9.57 Å². The van der Waals surface area contributed by atoms with Crippen molar-refractivity contribution in [3.05, 3.63) is 83.9 Å². The molecule has 5 heteroatoms. The van der Waals surface area contributed by atoms with Crippen LogP contribution >= 0.6 is 0 Å². The molecule has 0 spiro atoms. The number of ether oxygens (including phenoxy) is 1. The topological polar surface area (TPSA) is 65.0 Å². The predicted molar refractivity (Wildman–Crippen MR) is 106 cm³/mol. The van der Waals surface area contributed by atoms with Crippen LogP contribution in [-0.2, 0) is 14.4 Å². The summed E-state index contributed by atoms with van der Waals surface area (Å²) in [5.41, 5.74) is -0.0342. The molecule has 0 bridgehead atoms. The molecule has 0 saturated heterocycles. The zero-order valence-electron chi connectivity index (χ0n) is 15.4. The predicted octanol–water partition coefficient (Wildman–Crippen LogP) is 4.15. The summed E-state index contributed by atoms with van der Waals surface area (Å²) in [4.78, 5) is 31.6. The monoisotopic (exact) mass is 373 g/mol. The molecule has 0 radical (unpaired) electrons. The molecular formula is C23H19NO4. The fourth-order valence-corrected chi connectivity index (χ4v) is 3.45. The van der Waals surface area contributed by atoms with E-state index in [9.17, 15) is 9.59 Å². The molecule has 3 aromatic carbocycles. The van der Waals surface area contributed by atoms with Gasteiger partial charge < -0.3 is 9.57 Å². The SMILES string of the molecule is CCOC(=O)C1(C(=O)c2ccccc2)CC(c2cccc3ccccc23)=NO1. The summed E-state index contributed by atoms with van der Waals surface area (Å²) in [6.45, 7) is 1.84. The lowest BCUT2D eigenvalue weighted by Crippen LogP contribution is -2.48. The molecule has 1 atom stereocenters. The summed E-state index contributed by atoms with van der Waals surface area (Å²) in [6.07, 6.45) is 0.0214. The molecular weight excluding hydrogens is 354 g/mol. The van der Waals surface area contributed by atoms with E-state index in [-0.39, 0.29) is 13.0 Å². The average Bonchev–Trinajstić information content (AvgIpc) is 3.20. The molecule has 0 fully saturated rings. The fourth-order valence-electron chi connectivity index (χ4n) is 3.45. The van der Waals surface area contributed by atoms with Crippen LogP contribution in [0.15, 0.2) is 78.0 Å². The average molecular weight is 373 g/mol. The standard InChI is InChI=1S/C23H19NO4/c1-2-27-22(26)23(21(25)17-10-4-3-5-11-17)15-20(24-28-23)19-14-8-12-16-9-6-7-13-18(16)19/h3-14H,2,15H2,1H3. The van der Waals surface area contributed by atoms with Gasteiger partial charge in [-0.05, 0) is 17.7 Å². The van der Waals surface area contributed by atoms with Crippen molar-refractivity contribution in [3.8, 4) is 0 Å². The van der Waals surface area contributed by atoms with E-state index in [0.29, 0.717) is 11.3 Å². The second-order valence-electron chi connectivity index (χ2n) is 6.58. The van der Waals surface area contributed by atoms with E-state index in [0.717, 1.165) is 16.3 Å². The first-order valence-corrected chi connectivity index (χ1v) is 9.16. The zero-order valence-corrected chi connectivity index (χ0v) is 15.4. The molecule has 140 valence electrons. The lowest BCUT2D eigenvalue weighted by molar-refractivity contribution is -0.162. The van der Waals surface area contributed by atoms with Crippen molar-refractivity contribution in [2.75, 3.05) is 6.61 Å². The number of esters is 1. The molecule has 1 aliphatic heterocycles. The van der Waals surface area contributed by atoms with Gasteiger partial charge in [0.15, 0.2) is 0 Å². The van der Waals surface area contributed by atoms with Gasteiger partial charge in [0.05, 0.1) is 18.7 Å². The Morgan fingerprint density at radius 2 is 1.71 bits per heavy atom. The zero-order chi connectivity index (χ0) is 19.6. The second-order valence-corrected chi connectivity index (χ2v) is 6.58. The van der Waals surface area contributed by atoms with Crippen LogP contribution in [0.3, 0.4) is 0 Å². The quantitative estimate of drug-likeness (QED) is 0.383. The lowest BCUT2D eigenvalue weighted by atomic mass is 9.86. The summed E-state index contributed by atoms with van der Waals surface area (Å²) in [5.74, 6) is -1.17. The highest BCUT2D eigenvalue weighted by Crippen LogP contribution is 2.34. The van der Waals surface area contributed by atoms with Crippen molar-refractivity contribution in [2.45, 2.75) is 18.9 Å². The number of carbonyl (C=O) groups is 2. The van der Waals surface area contributed by atoms with Gasteiger partial charge in [0.25, 0.3) is 0 Å². The van der Waals surface area contributed by atoms with E-state index in [2.05, 4.69) is 5.16 Å². The van der Waals surface area contributed by atoms with Gasteiger partial charge in [-0.15, -0.1) is 0 Å². The highest BCUT2D eigenvalue weighted by Gasteiger charge is 2.55. The first-order valence-electron chi connectivity index (χ1n) is 9.16. The summed E-state index contributed by atoms with van der Waals surface area (Å²) in [6, 6.07) is 22.3. The van der Waals surface area contributed by atoms with Crippen LogP contribution < -0.4 is 0 Å². The Morgan fingerprint density at radius 1 is 1.00 bits per heavy atom. The van der Waals surface area contributed by atoms with Crippen molar-refractivity contribution in [1.82, 2.24) is 0 Å². The van der Waals surface area contributed by atoms with Gasteiger partial charge >= 0.3 is 11.6 Å². The van der Waals surface area contributed by atoms with Gasteiger partial charge in [0.2, 0.25) is 5.78 Å². The highest BCUT2D eigenvalue weighted by atomic mass is 16.7. The molecule has 4 rings (SSSR count). The maximum absolute atomic E-state index is 13.2. The van der Waals surface area contributed by atoms with Gasteiger partial charge in [0.1, 0.15) is 0 Å². The van der Waals surface area contributed by atoms with Crippen molar-refractivity contribution in [3.63, 3.8) is 0 Å². The van der Waals surface area contributed by atoms with Gasteiger partial charge in [-0.2, -0.15) is 0 Å². The molecule has 0 amide bonds. The normalized spacial score (nSPS) is 18.4. The summed E-state index contributed by atoms with van der Waals surface area (Å²) < 4.78 is 5.19. The molecule has 0 aromatic heterocycles. The van der Waals surface area contributed by atoms with E-state index in [1.54, 1.807) is 37.3 Å². The van der Waals surface area contributed by atoms with Crippen molar-refractivity contribution < 1.29 is 19.2 Å².